The number of methoxy groups -OCH3 is 1. The van der Waals surface area contributed by atoms with E-state index in [0.29, 0.717) is 35.0 Å². The molecule has 0 saturated carbocycles. The molecule has 0 radical (unpaired) electrons. The molecule has 4 aromatic rings. The Morgan fingerprint density at radius 1 is 0.972 bits per heavy atom. The predicted octanol–water partition coefficient (Wildman–Crippen LogP) is 6.39. The van der Waals surface area contributed by atoms with E-state index in [1.807, 2.05) is 30.3 Å². The molecule has 0 aliphatic rings. The number of rotatable bonds is 9. The molecule has 0 saturated heterocycles. The first-order valence-corrected chi connectivity index (χ1v) is 12.0. The number of nitrogens with zero attached hydrogens (tertiary/aromatic N) is 1. The molecule has 5 nitrogen and oxygen atoms in total. The second kappa shape index (κ2) is 11.3. The number of carbonyl (C=O) groups is 1. The summed E-state index contributed by atoms with van der Waals surface area (Å²) in [4.78, 5) is 16.9. The summed E-state index contributed by atoms with van der Waals surface area (Å²) in [6, 6.07) is 19.8. The second-order valence-corrected chi connectivity index (χ2v) is 8.76. The monoisotopic (exact) mass is 512 g/mol. The van der Waals surface area contributed by atoms with Crippen molar-refractivity contribution >= 4 is 17.2 Å². The van der Waals surface area contributed by atoms with Gasteiger partial charge in [-0.25, -0.2) is 4.98 Å². The van der Waals surface area contributed by atoms with E-state index in [-0.39, 0.29) is 12.5 Å². The van der Waals surface area contributed by atoms with Crippen molar-refractivity contribution in [2.75, 3.05) is 13.7 Å². The van der Waals surface area contributed by atoms with E-state index in [9.17, 15) is 18.0 Å². The van der Waals surface area contributed by atoms with E-state index in [1.165, 1.54) is 17.4 Å². The van der Waals surface area contributed by atoms with Crippen LogP contribution in [0.25, 0.3) is 10.6 Å². The van der Waals surface area contributed by atoms with Gasteiger partial charge in [0.05, 0.1) is 12.7 Å². The Bertz CT molecular complexity index is 1320. The number of hydrogen-bond donors (Lipinski definition) is 1. The van der Waals surface area contributed by atoms with E-state index in [4.69, 9.17) is 9.47 Å². The normalized spacial score (nSPS) is 11.2. The number of alkyl halides is 3. The predicted molar refractivity (Wildman–Crippen MR) is 132 cm³/mol. The highest BCUT2D eigenvalue weighted by molar-refractivity contribution is 7.13. The van der Waals surface area contributed by atoms with Gasteiger partial charge in [-0.15, -0.1) is 11.3 Å². The van der Waals surface area contributed by atoms with Crippen LogP contribution in [0.3, 0.4) is 0 Å². The first-order valence-electron chi connectivity index (χ1n) is 11.1. The van der Waals surface area contributed by atoms with Crippen LogP contribution in [0.5, 0.6) is 11.5 Å². The number of carbonyl (C=O) groups excluding carboxylic acids is 1. The van der Waals surface area contributed by atoms with Crippen molar-refractivity contribution in [2.45, 2.75) is 19.2 Å². The summed E-state index contributed by atoms with van der Waals surface area (Å²) >= 11 is 1.33. The van der Waals surface area contributed by atoms with Crippen LogP contribution in [-0.4, -0.2) is 24.5 Å². The summed E-state index contributed by atoms with van der Waals surface area (Å²) in [6.45, 7) is 0.462. The molecule has 9 heteroatoms. The minimum atomic E-state index is -4.40. The lowest BCUT2D eigenvalue weighted by Crippen LogP contribution is -2.25. The zero-order valence-electron chi connectivity index (χ0n) is 19.3. The minimum absolute atomic E-state index is 0.00685. The van der Waals surface area contributed by atoms with E-state index in [2.05, 4.69) is 10.3 Å². The number of nitrogens with one attached hydrogen (secondary N) is 1. The van der Waals surface area contributed by atoms with E-state index < -0.39 is 11.7 Å². The molecule has 186 valence electrons. The molecule has 4 rings (SSSR count). The zero-order valence-corrected chi connectivity index (χ0v) is 20.2. The Hall–Kier alpha value is -3.85. The molecule has 0 bridgehead atoms. The van der Waals surface area contributed by atoms with Gasteiger partial charge in [-0.1, -0.05) is 36.4 Å². The third kappa shape index (κ3) is 6.63. The van der Waals surface area contributed by atoms with Crippen molar-refractivity contribution in [3.8, 4) is 22.1 Å². The van der Waals surface area contributed by atoms with Gasteiger partial charge in [-0.2, -0.15) is 13.2 Å². The van der Waals surface area contributed by atoms with Crippen LogP contribution >= 0.6 is 11.3 Å². The topological polar surface area (TPSA) is 60.5 Å². The lowest BCUT2D eigenvalue weighted by Gasteiger charge is -2.10. The van der Waals surface area contributed by atoms with Crippen LogP contribution in [0, 0.1) is 0 Å². The van der Waals surface area contributed by atoms with Gasteiger partial charge in [0.25, 0.3) is 5.91 Å². The van der Waals surface area contributed by atoms with Crippen molar-refractivity contribution in [3.63, 3.8) is 0 Å². The Kier molecular flexibility index (Phi) is 7.90. The number of aromatic nitrogens is 1. The summed E-state index contributed by atoms with van der Waals surface area (Å²) in [6.07, 6.45) is -3.72. The van der Waals surface area contributed by atoms with Crippen molar-refractivity contribution < 1.29 is 27.4 Å². The molecule has 1 aromatic heterocycles. The summed E-state index contributed by atoms with van der Waals surface area (Å²) in [5.74, 6) is 1.01. The van der Waals surface area contributed by atoms with Crippen LogP contribution in [0.2, 0.25) is 0 Å². The number of amides is 1. The molecule has 0 fully saturated rings. The quantitative estimate of drug-likeness (QED) is 0.282. The molecule has 0 atom stereocenters. The summed E-state index contributed by atoms with van der Waals surface area (Å²) in [7, 11) is 1.61. The van der Waals surface area contributed by atoms with Crippen LogP contribution in [0.1, 0.15) is 27.2 Å². The highest BCUT2D eigenvalue weighted by Crippen LogP contribution is 2.30. The number of halogens is 3. The van der Waals surface area contributed by atoms with Gasteiger partial charge in [-0.3, -0.25) is 4.79 Å². The molecule has 3 aromatic carbocycles. The van der Waals surface area contributed by atoms with Crippen molar-refractivity contribution in [1.82, 2.24) is 10.3 Å². The first kappa shape index (κ1) is 25.2. The maximum Gasteiger partial charge on any atom is 0.416 e. The van der Waals surface area contributed by atoms with Crippen molar-refractivity contribution in [1.29, 1.82) is 0 Å². The van der Waals surface area contributed by atoms with Gasteiger partial charge in [0.2, 0.25) is 0 Å². The molecule has 1 heterocycles. The minimum Gasteiger partial charge on any atom is -0.497 e. The first-order chi connectivity index (χ1) is 17.3. The van der Waals surface area contributed by atoms with Crippen LogP contribution in [0.15, 0.2) is 78.2 Å². The fraction of sp³-hybridized carbons (Fsp3) is 0.185. The Labute approximate surface area is 210 Å². The number of ether oxygens (including phenoxy) is 2. The molecule has 1 N–H and O–H groups in total. The molecule has 1 amide bonds. The average Bonchev–Trinajstić information content (AvgIpc) is 3.38. The van der Waals surface area contributed by atoms with Crippen LogP contribution < -0.4 is 14.8 Å². The van der Waals surface area contributed by atoms with Crippen molar-refractivity contribution in [2.24, 2.45) is 0 Å². The lowest BCUT2D eigenvalue weighted by atomic mass is 10.1. The molecule has 0 aliphatic carbocycles. The fourth-order valence-corrected chi connectivity index (χ4v) is 4.23. The van der Waals surface area contributed by atoms with Crippen LogP contribution in [0.4, 0.5) is 13.2 Å². The molecular formula is C27H23F3N2O3S. The third-order valence-electron chi connectivity index (χ3n) is 5.34. The number of hydrogen-bond acceptors (Lipinski definition) is 5. The van der Waals surface area contributed by atoms with Gasteiger partial charge in [0.1, 0.15) is 28.8 Å². The van der Waals surface area contributed by atoms with Crippen molar-refractivity contribution in [3.05, 3.63) is 101 Å². The molecule has 0 unspecified atom stereocenters. The smallest absolute Gasteiger partial charge is 0.416 e. The Morgan fingerprint density at radius 2 is 1.75 bits per heavy atom. The molecular weight excluding hydrogens is 489 g/mol. The molecule has 0 spiro atoms. The number of thiazole rings is 1. The Balaban J connectivity index is 1.34. The van der Waals surface area contributed by atoms with Gasteiger partial charge in [0, 0.05) is 17.5 Å². The summed E-state index contributed by atoms with van der Waals surface area (Å²) in [5, 5.41) is 5.20. The third-order valence-corrected chi connectivity index (χ3v) is 6.23. The average molecular weight is 513 g/mol. The largest absolute Gasteiger partial charge is 0.497 e. The van der Waals surface area contributed by atoms with E-state index >= 15 is 0 Å². The zero-order chi connectivity index (χ0) is 25.5. The maximum absolute atomic E-state index is 12.9. The fourth-order valence-electron chi connectivity index (χ4n) is 3.44. The standard InChI is InChI=1S/C27H23F3N2O3S/c1-34-22-10-8-18(9-11-22)12-13-31-25(33)24-17-36-26(32-24)20-5-3-7-23(15-20)35-16-19-4-2-6-21(14-19)27(28,29)30/h2-11,14-15,17H,12-13,16H2,1H3,(H,31,33). The van der Waals surface area contributed by atoms with Gasteiger partial charge in [-0.05, 0) is 53.9 Å². The van der Waals surface area contributed by atoms with Gasteiger partial charge >= 0.3 is 6.18 Å². The highest BCUT2D eigenvalue weighted by Gasteiger charge is 2.30. The van der Waals surface area contributed by atoms with Gasteiger partial charge in [0.15, 0.2) is 0 Å². The lowest BCUT2D eigenvalue weighted by molar-refractivity contribution is -0.137. The van der Waals surface area contributed by atoms with Crippen LogP contribution in [-0.2, 0) is 19.2 Å². The van der Waals surface area contributed by atoms with Gasteiger partial charge < -0.3 is 14.8 Å². The highest BCUT2D eigenvalue weighted by atomic mass is 32.1. The SMILES string of the molecule is COc1ccc(CCNC(=O)c2csc(-c3cccc(OCc4cccc(C(F)(F)F)c4)c3)n2)cc1. The maximum atomic E-state index is 12.9. The van der Waals surface area contributed by atoms with E-state index in [0.717, 1.165) is 29.0 Å². The Morgan fingerprint density at radius 3 is 2.50 bits per heavy atom. The molecule has 36 heavy (non-hydrogen) atoms. The molecule has 0 aliphatic heterocycles. The number of benzene rings is 3. The second-order valence-electron chi connectivity index (χ2n) is 7.91. The summed E-state index contributed by atoms with van der Waals surface area (Å²) in [5.41, 5.74) is 1.85. The van der Waals surface area contributed by atoms with E-state index in [1.54, 1.807) is 36.8 Å². The summed E-state index contributed by atoms with van der Waals surface area (Å²) < 4.78 is 49.6.